The number of aromatic nitrogens is 2. The molecule has 2 rings (SSSR count). The van der Waals surface area contributed by atoms with Crippen molar-refractivity contribution in [1.29, 1.82) is 0 Å². The SMILES string of the molecule is CCOC(=O)[C@@H]1CCCN(c2cc(OCC)ncn2)C1. The van der Waals surface area contributed by atoms with Crippen molar-refractivity contribution in [3.8, 4) is 5.88 Å². The van der Waals surface area contributed by atoms with Gasteiger partial charge in [0.05, 0.1) is 19.1 Å². The Balaban J connectivity index is 2.04. The van der Waals surface area contributed by atoms with Crippen LogP contribution in [0.5, 0.6) is 5.88 Å². The van der Waals surface area contributed by atoms with Gasteiger partial charge in [0, 0.05) is 19.2 Å². The van der Waals surface area contributed by atoms with Crippen molar-refractivity contribution in [2.45, 2.75) is 26.7 Å². The molecule has 1 fully saturated rings. The van der Waals surface area contributed by atoms with E-state index in [0.717, 1.165) is 25.2 Å². The standard InChI is InChI=1S/C14H21N3O3/c1-3-19-13-8-12(15-10-16-13)17-7-5-6-11(9-17)14(18)20-4-2/h8,10-11H,3-7,9H2,1-2H3/t11-/m1/s1. The smallest absolute Gasteiger partial charge is 0.310 e. The number of ether oxygens (including phenoxy) is 2. The highest BCUT2D eigenvalue weighted by atomic mass is 16.5. The summed E-state index contributed by atoms with van der Waals surface area (Å²) < 4.78 is 10.5. The predicted molar refractivity (Wildman–Crippen MR) is 74.8 cm³/mol. The number of rotatable bonds is 5. The maximum absolute atomic E-state index is 11.8. The van der Waals surface area contributed by atoms with Crippen LogP contribution in [0.15, 0.2) is 12.4 Å². The Hall–Kier alpha value is -1.85. The third-order valence-electron chi connectivity index (χ3n) is 3.29. The lowest BCUT2D eigenvalue weighted by atomic mass is 9.98. The van der Waals surface area contributed by atoms with Gasteiger partial charge in [-0.1, -0.05) is 0 Å². The Morgan fingerprint density at radius 2 is 2.25 bits per heavy atom. The van der Waals surface area contributed by atoms with Gasteiger partial charge in [0.25, 0.3) is 0 Å². The fourth-order valence-electron chi connectivity index (χ4n) is 2.37. The van der Waals surface area contributed by atoms with Crippen molar-refractivity contribution in [1.82, 2.24) is 9.97 Å². The van der Waals surface area contributed by atoms with Crippen LogP contribution < -0.4 is 9.64 Å². The molecule has 0 saturated carbocycles. The second-order valence-electron chi connectivity index (χ2n) is 4.68. The highest BCUT2D eigenvalue weighted by Gasteiger charge is 2.27. The fourth-order valence-corrected chi connectivity index (χ4v) is 2.37. The van der Waals surface area contributed by atoms with E-state index >= 15 is 0 Å². The van der Waals surface area contributed by atoms with E-state index in [0.29, 0.717) is 25.6 Å². The third kappa shape index (κ3) is 3.59. The Bertz CT molecular complexity index is 453. The minimum Gasteiger partial charge on any atom is -0.478 e. The summed E-state index contributed by atoms with van der Waals surface area (Å²) in [4.78, 5) is 22.3. The van der Waals surface area contributed by atoms with Crippen LogP contribution >= 0.6 is 0 Å². The van der Waals surface area contributed by atoms with E-state index in [2.05, 4.69) is 14.9 Å². The molecule has 110 valence electrons. The monoisotopic (exact) mass is 279 g/mol. The van der Waals surface area contributed by atoms with Crippen molar-refractivity contribution in [2.75, 3.05) is 31.2 Å². The zero-order chi connectivity index (χ0) is 14.4. The molecular formula is C14H21N3O3. The average molecular weight is 279 g/mol. The van der Waals surface area contributed by atoms with Crippen LogP contribution in [0, 0.1) is 5.92 Å². The molecule has 1 aliphatic heterocycles. The van der Waals surface area contributed by atoms with Crippen LogP contribution in [0.1, 0.15) is 26.7 Å². The lowest BCUT2D eigenvalue weighted by Crippen LogP contribution is -2.39. The van der Waals surface area contributed by atoms with Crippen LogP contribution in [0.4, 0.5) is 5.82 Å². The number of carbonyl (C=O) groups is 1. The molecule has 1 atom stereocenters. The topological polar surface area (TPSA) is 64.5 Å². The first kappa shape index (κ1) is 14.6. The lowest BCUT2D eigenvalue weighted by Gasteiger charge is -2.32. The van der Waals surface area contributed by atoms with Gasteiger partial charge in [-0.15, -0.1) is 0 Å². The van der Waals surface area contributed by atoms with Gasteiger partial charge in [0.2, 0.25) is 5.88 Å². The number of anilines is 1. The van der Waals surface area contributed by atoms with Gasteiger partial charge >= 0.3 is 5.97 Å². The second-order valence-corrected chi connectivity index (χ2v) is 4.68. The lowest BCUT2D eigenvalue weighted by molar-refractivity contribution is -0.148. The van der Waals surface area contributed by atoms with Gasteiger partial charge in [-0.25, -0.2) is 9.97 Å². The van der Waals surface area contributed by atoms with Crippen molar-refractivity contribution < 1.29 is 14.3 Å². The highest BCUT2D eigenvalue weighted by Crippen LogP contribution is 2.24. The summed E-state index contributed by atoms with van der Waals surface area (Å²) in [5, 5.41) is 0. The first-order valence-electron chi connectivity index (χ1n) is 7.11. The molecule has 0 bridgehead atoms. The average Bonchev–Trinajstić information content (AvgIpc) is 2.48. The van der Waals surface area contributed by atoms with Crippen molar-refractivity contribution in [2.24, 2.45) is 5.92 Å². The maximum Gasteiger partial charge on any atom is 0.310 e. The Kier molecular flexibility index (Phi) is 5.15. The van der Waals surface area contributed by atoms with Crippen LogP contribution in [0.2, 0.25) is 0 Å². The number of nitrogens with zero attached hydrogens (tertiary/aromatic N) is 3. The number of hydrogen-bond donors (Lipinski definition) is 0. The van der Waals surface area contributed by atoms with Crippen LogP contribution in [0.3, 0.4) is 0 Å². The van der Waals surface area contributed by atoms with Gasteiger partial charge in [0.1, 0.15) is 12.1 Å². The molecule has 20 heavy (non-hydrogen) atoms. The molecule has 6 nitrogen and oxygen atoms in total. The summed E-state index contributed by atoms with van der Waals surface area (Å²) in [6.07, 6.45) is 3.32. The molecule has 1 aliphatic rings. The molecule has 1 saturated heterocycles. The zero-order valence-electron chi connectivity index (χ0n) is 12.0. The van der Waals surface area contributed by atoms with Gasteiger partial charge < -0.3 is 14.4 Å². The van der Waals surface area contributed by atoms with E-state index in [-0.39, 0.29) is 11.9 Å². The molecule has 0 unspecified atom stereocenters. The highest BCUT2D eigenvalue weighted by molar-refractivity contribution is 5.73. The molecule has 1 aromatic rings. The molecule has 0 aromatic carbocycles. The third-order valence-corrected chi connectivity index (χ3v) is 3.29. The van der Waals surface area contributed by atoms with Gasteiger partial charge in [0.15, 0.2) is 0 Å². The number of carbonyl (C=O) groups excluding carboxylic acids is 1. The van der Waals surface area contributed by atoms with E-state index in [4.69, 9.17) is 9.47 Å². The summed E-state index contributed by atoms with van der Waals surface area (Å²) in [6, 6.07) is 1.82. The molecule has 2 heterocycles. The fraction of sp³-hybridized carbons (Fsp3) is 0.643. The maximum atomic E-state index is 11.8. The summed E-state index contributed by atoms with van der Waals surface area (Å²) in [6.45, 7) is 6.27. The van der Waals surface area contributed by atoms with Crippen LogP contribution in [-0.4, -0.2) is 42.2 Å². The second kappa shape index (κ2) is 7.07. The van der Waals surface area contributed by atoms with E-state index in [1.165, 1.54) is 6.33 Å². The van der Waals surface area contributed by atoms with Gasteiger partial charge in [-0.3, -0.25) is 4.79 Å². The molecular weight excluding hydrogens is 258 g/mol. The summed E-state index contributed by atoms with van der Waals surface area (Å²) in [5.41, 5.74) is 0. The van der Waals surface area contributed by atoms with Crippen molar-refractivity contribution in [3.63, 3.8) is 0 Å². The predicted octanol–water partition coefficient (Wildman–Crippen LogP) is 1.65. The minimum absolute atomic E-state index is 0.0748. The first-order chi connectivity index (χ1) is 9.74. The quantitative estimate of drug-likeness (QED) is 0.764. The number of piperidine rings is 1. The van der Waals surface area contributed by atoms with Gasteiger partial charge in [-0.2, -0.15) is 0 Å². The summed E-state index contributed by atoms with van der Waals surface area (Å²) in [7, 11) is 0. The molecule has 0 aliphatic carbocycles. The van der Waals surface area contributed by atoms with E-state index in [9.17, 15) is 4.79 Å². The zero-order valence-corrected chi connectivity index (χ0v) is 12.0. The van der Waals surface area contributed by atoms with Crippen molar-refractivity contribution in [3.05, 3.63) is 12.4 Å². The Labute approximate surface area is 119 Å². The molecule has 0 radical (unpaired) electrons. The molecule has 6 heteroatoms. The van der Waals surface area contributed by atoms with E-state index < -0.39 is 0 Å². The Morgan fingerprint density at radius 3 is 3.00 bits per heavy atom. The van der Waals surface area contributed by atoms with Crippen LogP contribution in [-0.2, 0) is 9.53 Å². The van der Waals surface area contributed by atoms with E-state index in [1.807, 2.05) is 19.9 Å². The molecule has 1 aromatic heterocycles. The summed E-state index contributed by atoms with van der Waals surface area (Å²) >= 11 is 0. The molecule has 0 amide bonds. The van der Waals surface area contributed by atoms with Crippen molar-refractivity contribution >= 4 is 11.8 Å². The minimum atomic E-state index is -0.115. The number of hydrogen-bond acceptors (Lipinski definition) is 6. The molecule has 0 N–H and O–H groups in total. The van der Waals surface area contributed by atoms with E-state index in [1.54, 1.807) is 0 Å². The Morgan fingerprint density at radius 1 is 1.40 bits per heavy atom. The first-order valence-corrected chi connectivity index (χ1v) is 7.11. The molecule has 0 spiro atoms. The van der Waals surface area contributed by atoms with Gasteiger partial charge in [-0.05, 0) is 26.7 Å². The van der Waals surface area contributed by atoms with Crippen LogP contribution in [0.25, 0.3) is 0 Å². The summed E-state index contributed by atoms with van der Waals surface area (Å²) in [5.74, 6) is 1.18. The normalized spacial score (nSPS) is 18.7. The largest absolute Gasteiger partial charge is 0.478 e. The number of esters is 1.